The van der Waals surface area contributed by atoms with E-state index in [1.54, 1.807) is 5.51 Å². The Labute approximate surface area is 106 Å². The number of rotatable bonds is 2. The van der Waals surface area contributed by atoms with Crippen LogP contribution >= 0.6 is 11.3 Å². The zero-order valence-electron chi connectivity index (χ0n) is 9.53. The maximum atomic E-state index is 12.4. The smallest absolute Gasteiger partial charge is 0.320 e. The molecule has 1 aromatic heterocycles. The molecule has 2 nitrogen and oxygen atoms in total. The number of alkyl halides is 3. The van der Waals surface area contributed by atoms with Gasteiger partial charge in [0, 0.05) is 4.88 Å². The SMILES string of the molecule is Cc1ncsc1C(N)c1ccc(C(F)(F)F)cc1. The quantitative estimate of drug-likeness (QED) is 0.908. The van der Waals surface area contributed by atoms with Crippen molar-refractivity contribution in [2.45, 2.75) is 19.1 Å². The molecule has 2 aromatic rings. The van der Waals surface area contributed by atoms with E-state index in [4.69, 9.17) is 5.73 Å². The van der Waals surface area contributed by atoms with E-state index in [9.17, 15) is 13.2 Å². The summed E-state index contributed by atoms with van der Waals surface area (Å²) in [6.45, 7) is 1.83. The third-order valence-corrected chi connectivity index (χ3v) is 3.68. The molecule has 18 heavy (non-hydrogen) atoms. The second kappa shape index (κ2) is 4.70. The van der Waals surface area contributed by atoms with E-state index >= 15 is 0 Å². The summed E-state index contributed by atoms with van der Waals surface area (Å²) < 4.78 is 37.3. The Morgan fingerprint density at radius 1 is 1.22 bits per heavy atom. The number of thiazole rings is 1. The first kappa shape index (κ1) is 13.0. The molecule has 0 saturated heterocycles. The van der Waals surface area contributed by atoms with Gasteiger partial charge >= 0.3 is 6.18 Å². The van der Waals surface area contributed by atoms with Crippen molar-refractivity contribution in [2.75, 3.05) is 0 Å². The van der Waals surface area contributed by atoms with Crippen LogP contribution in [0.3, 0.4) is 0 Å². The van der Waals surface area contributed by atoms with Gasteiger partial charge in [-0.1, -0.05) is 12.1 Å². The third kappa shape index (κ3) is 2.54. The van der Waals surface area contributed by atoms with Gasteiger partial charge < -0.3 is 5.73 Å². The molecule has 1 atom stereocenters. The fraction of sp³-hybridized carbons (Fsp3) is 0.250. The summed E-state index contributed by atoms with van der Waals surface area (Å²) in [5, 5.41) is 0. The van der Waals surface area contributed by atoms with Crippen LogP contribution in [0.1, 0.15) is 27.7 Å². The van der Waals surface area contributed by atoms with Gasteiger partial charge in [0.1, 0.15) is 0 Å². The summed E-state index contributed by atoms with van der Waals surface area (Å²) in [6, 6.07) is 4.48. The molecule has 6 heteroatoms. The lowest BCUT2D eigenvalue weighted by Crippen LogP contribution is -2.12. The van der Waals surface area contributed by atoms with Crippen molar-refractivity contribution < 1.29 is 13.2 Å². The number of hydrogen-bond acceptors (Lipinski definition) is 3. The lowest BCUT2D eigenvalue weighted by Gasteiger charge is -2.12. The van der Waals surface area contributed by atoms with Crippen molar-refractivity contribution in [1.82, 2.24) is 4.98 Å². The summed E-state index contributed by atoms with van der Waals surface area (Å²) in [4.78, 5) is 4.95. The Morgan fingerprint density at radius 3 is 2.28 bits per heavy atom. The Hall–Kier alpha value is -1.40. The second-order valence-corrected chi connectivity index (χ2v) is 4.79. The van der Waals surface area contributed by atoms with Crippen LogP contribution in [0.2, 0.25) is 0 Å². The Bertz CT molecular complexity index is 531. The maximum absolute atomic E-state index is 12.4. The van der Waals surface area contributed by atoms with Crippen LogP contribution in [-0.2, 0) is 6.18 Å². The highest BCUT2D eigenvalue weighted by molar-refractivity contribution is 7.09. The summed E-state index contributed by atoms with van der Waals surface area (Å²) >= 11 is 1.40. The maximum Gasteiger partial charge on any atom is 0.416 e. The van der Waals surface area contributed by atoms with Gasteiger partial charge in [0.05, 0.1) is 22.8 Å². The monoisotopic (exact) mass is 272 g/mol. The first-order valence-corrected chi connectivity index (χ1v) is 6.10. The van der Waals surface area contributed by atoms with Crippen LogP contribution in [-0.4, -0.2) is 4.98 Å². The average molecular weight is 272 g/mol. The predicted octanol–water partition coefficient (Wildman–Crippen LogP) is 3.52. The molecule has 0 fully saturated rings. The number of benzene rings is 1. The fourth-order valence-corrected chi connectivity index (χ4v) is 2.47. The zero-order valence-corrected chi connectivity index (χ0v) is 10.3. The highest BCUT2D eigenvalue weighted by Crippen LogP contribution is 2.31. The molecule has 96 valence electrons. The summed E-state index contributed by atoms with van der Waals surface area (Å²) in [7, 11) is 0. The normalized spacial score (nSPS) is 13.6. The van der Waals surface area contributed by atoms with E-state index in [-0.39, 0.29) is 0 Å². The average Bonchev–Trinajstić information content (AvgIpc) is 2.73. The highest BCUT2D eigenvalue weighted by atomic mass is 32.1. The van der Waals surface area contributed by atoms with Crippen LogP contribution in [0, 0.1) is 6.92 Å². The van der Waals surface area contributed by atoms with E-state index < -0.39 is 17.8 Å². The standard InChI is InChI=1S/C12H11F3N2S/c1-7-11(18-6-17-7)10(16)8-2-4-9(5-3-8)12(13,14)15/h2-6,10H,16H2,1H3. The third-order valence-electron chi connectivity index (χ3n) is 2.66. The number of halogens is 3. The number of nitrogens with two attached hydrogens (primary N) is 1. The minimum absolute atomic E-state index is 0.431. The summed E-state index contributed by atoms with van der Waals surface area (Å²) in [5.74, 6) is 0. The molecule has 0 radical (unpaired) electrons. The number of aryl methyl sites for hydroxylation is 1. The largest absolute Gasteiger partial charge is 0.416 e. The fourth-order valence-electron chi connectivity index (χ4n) is 1.64. The van der Waals surface area contributed by atoms with E-state index in [2.05, 4.69) is 4.98 Å². The van der Waals surface area contributed by atoms with Gasteiger partial charge in [-0.05, 0) is 24.6 Å². The van der Waals surface area contributed by atoms with Gasteiger partial charge in [0.25, 0.3) is 0 Å². The van der Waals surface area contributed by atoms with Gasteiger partial charge in [-0.2, -0.15) is 13.2 Å². The van der Waals surface area contributed by atoms with E-state index in [1.807, 2.05) is 6.92 Å². The molecule has 1 unspecified atom stereocenters. The van der Waals surface area contributed by atoms with Gasteiger partial charge in [0.15, 0.2) is 0 Å². The summed E-state index contributed by atoms with van der Waals surface area (Å²) in [5.41, 5.74) is 8.48. The molecule has 2 rings (SSSR count). The molecule has 0 amide bonds. The van der Waals surface area contributed by atoms with Gasteiger partial charge in [-0.3, -0.25) is 0 Å². The lowest BCUT2D eigenvalue weighted by atomic mass is 10.0. The molecule has 0 spiro atoms. The van der Waals surface area contributed by atoms with Crippen LogP contribution in [0.4, 0.5) is 13.2 Å². The van der Waals surface area contributed by atoms with Crippen LogP contribution in [0.15, 0.2) is 29.8 Å². The number of nitrogens with zero attached hydrogens (tertiary/aromatic N) is 1. The molecule has 0 saturated carbocycles. The van der Waals surface area contributed by atoms with Crippen molar-refractivity contribution >= 4 is 11.3 Å². The topological polar surface area (TPSA) is 38.9 Å². The Morgan fingerprint density at radius 2 is 1.83 bits per heavy atom. The highest BCUT2D eigenvalue weighted by Gasteiger charge is 2.30. The number of hydrogen-bond donors (Lipinski definition) is 1. The molecular formula is C12H11F3N2S. The molecule has 0 aliphatic heterocycles. The van der Waals surface area contributed by atoms with Crippen molar-refractivity contribution in [2.24, 2.45) is 5.73 Å². The predicted molar refractivity (Wildman–Crippen MR) is 64.3 cm³/mol. The van der Waals surface area contributed by atoms with E-state index in [0.717, 1.165) is 22.7 Å². The van der Waals surface area contributed by atoms with Gasteiger partial charge in [-0.15, -0.1) is 11.3 Å². The molecule has 1 aromatic carbocycles. The molecule has 0 bridgehead atoms. The molecule has 0 aliphatic rings. The number of aromatic nitrogens is 1. The van der Waals surface area contributed by atoms with E-state index in [0.29, 0.717) is 5.56 Å². The van der Waals surface area contributed by atoms with Crippen molar-refractivity contribution in [3.05, 3.63) is 51.5 Å². The van der Waals surface area contributed by atoms with Crippen LogP contribution in [0.25, 0.3) is 0 Å². The molecule has 1 heterocycles. The first-order valence-electron chi connectivity index (χ1n) is 5.22. The summed E-state index contributed by atoms with van der Waals surface area (Å²) in [6.07, 6.45) is -4.32. The lowest BCUT2D eigenvalue weighted by molar-refractivity contribution is -0.137. The van der Waals surface area contributed by atoms with Gasteiger partial charge in [0.2, 0.25) is 0 Å². The molecule has 0 aliphatic carbocycles. The minimum Gasteiger partial charge on any atom is -0.320 e. The van der Waals surface area contributed by atoms with E-state index in [1.165, 1.54) is 23.5 Å². The Kier molecular flexibility index (Phi) is 3.41. The van der Waals surface area contributed by atoms with Crippen molar-refractivity contribution in [3.63, 3.8) is 0 Å². The zero-order chi connectivity index (χ0) is 13.3. The first-order chi connectivity index (χ1) is 8.39. The molecular weight excluding hydrogens is 261 g/mol. The van der Waals surface area contributed by atoms with Gasteiger partial charge in [-0.25, -0.2) is 4.98 Å². The minimum atomic E-state index is -4.32. The molecule has 2 N–H and O–H groups in total. The van der Waals surface area contributed by atoms with Crippen LogP contribution in [0.5, 0.6) is 0 Å². The second-order valence-electron chi connectivity index (χ2n) is 3.90. The van der Waals surface area contributed by atoms with Crippen molar-refractivity contribution in [1.29, 1.82) is 0 Å². The Balaban J connectivity index is 2.28. The van der Waals surface area contributed by atoms with Crippen LogP contribution < -0.4 is 5.73 Å². The van der Waals surface area contributed by atoms with Crippen molar-refractivity contribution in [3.8, 4) is 0 Å².